The SMILES string of the molecule is Cc1ccc(CCCNC(=O)OC(C)(C)C)cc1. The summed E-state index contributed by atoms with van der Waals surface area (Å²) in [6.07, 6.45) is 1.55. The minimum atomic E-state index is -0.430. The average molecular weight is 249 g/mol. The number of ether oxygens (including phenoxy) is 1. The summed E-state index contributed by atoms with van der Waals surface area (Å²) in [5.74, 6) is 0. The van der Waals surface area contributed by atoms with E-state index in [1.165, 1.54) is 11.1 Å². The van der Waals surface area contributed by atoms with E-state index in [0.29, 0.717) is 6.54 Å². The van der Waals surface area contributed by atoms with Crippen molar-refractivity contribution in [2.24, 2.45) is 0 Å². The van der Waals surface area contributed by atoms with Crippen molar-refractivity contribution in [3.8, 4) is 0 Å². The van der Waals surface area contributed by atoms with Crippen LogP contribution in [0.5, 0.6) is 0 Å². The Bertz CT molecular complexity index is 376. The van der Waals surface area contributed by atoms with Crippen LogP contribution in [0.25, 0.3) is 0 Å². The predicted molar refractivity (Wildman–Crippen MR) is 73.7 cm³/mol. The summed E-state index contributed by atoms with van der Waals surface area (Å²) < 4.78 is 5.16. The zero-order valence-electron chi connectivity index (χ0n) is 11.7. The zero-order valence-corrected chi connectivity index (χ0v) is 11.7. The lowest BCUT2D eigenvalue weighted by Gasteiger charge is -2.19. The molecular formula is C15H23NO2. The van der Waals surface area contributed by atoms with Crippen molar-refractivity contribution in [1.82, 2.24) is 5.32 Å². The van der Waals surface area contributed by atoms with E-state index in [0.717, 1.165) is 12.8 Å². The molecular weight excluding hydrogens is 226 g/mol. The van der Waals surface area contributed by atoms with Gasteiger partial charge in [0.25, 0.3) is 0 Å². The van der Waals surface area contributed by atoms with Crippen LogP contribution in [0.2, 0.25) is 0 Å². The molecule has 0 spiro atoms. The summed E-state index contributed by atoms with van der Waals surface area (Å²) in [5, 5.41) is 2.76. The van der Waals surface area contributed by atoms with Crippen molar-refractivity contribution >= 4 is 6.09 Å². The third kappa shape index (κ3) is 6.28. The first-order chi connectivity index (χ1) is 8.37. The minimum Gasteiger partial charge on any atom is -0.444 e. The lowest BCUT2D eigenvalue weighted by molar-refractivity contribution is 0.0527. The summed E-state index contributed by atoms with van der Waals surface area (Å²) in [6.45, 7) is 8.30. The Hall–Kier alpha value is -1.51. The number of carbonyl (C=O) groups excluding carboxylic acids is 1. The Labute approximate surface area is 110 Å². The van der Waals surface area contributed by atoms with Crippen LogP contribution in [0.15, 0.2) is 24.3 Å². The van der Waals surface area contributed by atoms with Gasteiger partial charge in [0.05, 0.1) is 0 Å². The van der Waals surface area contributed by atoms with E-state index in [4.69, 9.17) is 4.74 Å². The molecule has 100 valence electrons. The first-order valence-corrected chi connectivity index (χ1v) is 6.39. The first-order valence-electron chi connectivity index (χ1n) is 6.39. The van der Waals surface area contributed by atoms with Gasteiger partial charge in [-0.1, -0.05) is 29.8 Å². The van der Waals surface area contributed by atoms with Crippen molar-refractivity contribution in [3.63, 3.8) is 0 Å². The van der Waals surface area contributed by atoms with Gasteiger partial charge in [-0.3, -0.25) is 0 Å². The molecule has 0 aliphatic heterocycles. The maximum Gasteiger partial charge on any atom is 0.407 e. The highest BCUT2D eigenvalue weighted by Crippen LogP contribution is 2.07. The number of carbonyl (C=O) groups is 1. The van der Waals surface area contributed by atoms with E-state index < -0.39 is 5.60 Å². The van der Waals surface area contributed by atoms with Gasteiger partial charge in [-0.25, -0.2) is 4.79 Å². The molecule has 0 heterocycles. The highest BCUT2D eigenvalue weighted by atomic mass is 16.6. The Morgan fingerprint density at radius 2 is 1.83 bits per heavy atom. The molecule has 1 N–H and O–H groups in total. The van der Waals surface area contributed by atoms with Gasteiger partial charge in [0, 0.05) is 6.54 Å². The van der Waals surface area contributed by atoms with Gasteiger partial charge in [-0.15, -0.1) is 0 Å². The minimum absolute atomic E-state index is 0.341. The van der Waals surface area contributed by atoms with Crippen LogP contribution in [-0.4, -0.2) is 18.2 Å². The van der Waals surface area contributed by atoms with E-state index in [1.54, 1.807) is 0 Å². The van der Waals surface area contributed by atoms with Gasteiger partial charge in [0.1, 0.15) is 5.60 Å². The molecule has 1 amide bonds. The van der Waals surface area contributed by atoms with Gasteiger partial charge in [-0.05, 0) is 46.1 Å². The molecule has 1 aromatic carbocycles. The second-order valence-electron chi connectivity index (χ2n) is 5.52. The second-order valence-corrected chi connectivity index (χ2v) is 5.52. The number of rotatable bonds is 4. The highest BCUT2D eigenvalue weighted by molar-refractivity contribution is 5.67. The summed E-state index contributed by atoms with van der Waals surface area (Å²) in [4.78, 5) is 11.4. The second kappa shape index (κ2) is 6.43. The van der Waals surface area contributed by atoms with Crippen molar-refractivity contribution in [1.29, 1.82) is 0 Å². The lowest BCUT2D eigenvalue weighted by atomic mass is 10.1. The van der Waals surface area contributed by atoms with Crippen molar-refractivity contribution in [2.75, 3.05) is 6.54 Å². The van der Waals surface area contributed by atoms with E-state index in [-0.39, 0.29) is 6.09 Å². The average Bonchev–Trinajstić information content (AvgIpc) is 2.24. The Balaban J connectivity index is 2.19. The lowest BCUT2D eigenvalue weighted by Crippen LogP contribution is -2.33. The number of hydrogen-bond acceptors (Lipinski definition) is 2. The summed E-state index contributed by atoms with van der Waals surface area (Å²) in [5.41, 5.74) is 2.14. The molecule has 1 aromatic rings. The fourth-order valence-corrected chi connectivity index (χ4v) is 1.55. The van der Waals surface area contributed by atoms with E-state index in [9.17, 15) is 4.79 Å². The topological polar surface area (TPSA) is 38.3 Å². The van der Waals surface area contributed by atoms with Crippen LogP contribution in [-0.2, 0) is 11.2 Å². The highest BCUT2D eigenvalue weighted by Gasteiger charge is 2.15. The molecule has 18 heavy (non-hydrogen) atoms. The van der Waals surface area contributed by atoms with Crippen LogP contribution in [0.3, 0.4) is 0 Å². The van der Waals surface area contributed by atoms with E-state index >= 15 is 0 Å². The zero-order chi connectivity index (χ0) is 13.6. The number of aryl methyl sites for hydroxylation is 2. The summed E-state index contributed by atoms with van der Waals surface area (Å²) in [6, 6.07) is 8.47. The summed E-state index contributed by atoms with van der Waals surface area (Å²) >= 11 is 0. The molecule has 0 saturated heterocycles. The monoisotopic (exact) mass is 249 g/mol. The molecule has 3 heteroatoms. The molecule has 0 unspecified atom stereocenters. The number of nitrogens with one attached hydrogen (secondary N) is 1. The number of amides is 1. The molecule has 0 radical (unpaired) electrons. The standard InChI is InChI=1S/C15H23NO2/c1-12-7-9-13(10-8-12)6-5-11-16-14(17)18-15(2,3)4/h7-10H,5-6,11H2,1-4H3,(H,16,17). The van der Waals surface area contributed by atoms with Crippen molar-refractivity contribution in [2.45, 2.75) is 46.1 Å². The quantitative estimate of drug-likeness (QED) is 0.830. The number of hydrogen-bond donors (Lipinski definition) is 1. The number of alkyl carbamates (subject to hydrolysis) is 1. The maximum absolute atomic E-state index is 11.4. The Morgan fingerprint density at radius 3 is 2.39 bits per heavy atom. The van der Waals surface area contributed by atoms with Crippen LogP contribution in [0.4, 0.5) is 4.79 Å². The van der Waals surface area contributed by atoms with Gasteiger partial charge >= 0.3 is 6.09 Å². The van der Waals surface area contributed by atoms with E-state index in [1.807, 2.05) is 20.8 Å². The third-order valence-corrected chi connectivity index (χ3v) is 2.43. The van der Waals surface area contributed by atoms with E-state index in [2.05, 4.69) is 36.5 Å². The van der Waals surface area contributed by atoms with Crippen LogP contribution in [0, 0.1) is 6.92 Å². The Kier molecular flexibility index (Phi) is 5.20. The van der Waals surface area contributed by atoms with Crippen molar-refractivity contribution < 1.29 is 9.53 Å². The van der Waals surface area contributed by atoms with Crippen LogP contribution >= 0.6 is 0 Å². The fourth-order valence-electron chi connectivity index (χ4n) is 1.55. The van der Waals surface area contributed by atoms with Gasteiger partial charge in [0.2, 0.25) is 0 Å². The molecule has 0 fully saturated rings. The Morgan fingerprint density at radius 1 is 1.22 bits per heavy atom. The molecule has 0 aliphatic carbocycles. The normalized spacial score (nSPS) is 11.1. The van der Waals surface area contributed by atoms with Gasteiger partial charge in [0.15, 0.2) is 0 Å². The van der Waals surface area contributed by atoms with Gasteiger partial charge in [-0.2, -0.15) is 0 Å². The van der Waals surface area contributed by atoms with Crippen LogP contribution in [0.1, 0.15) is 38.3 Å². The largest absolute Gasteiger partial charge is 0.444 e. The predicted octanol–water partition coefficient (Wildman–Crippen LogP) is 3.45. The maximum atomic E-state index is 11.4. The molecule has 3 nitrogen and oxygen atoms in total. The van der Waals surface area contributed by atoms with Crippen LogP contribution < -0.4 is 5.32 Å². The first kappa shape index (κ1) is 14.6. The molecule has 1 rings (SSSR count). The van der Waals surface area contributed by atoms with Gasteiger partial charge < -0.3 is 10.1 Å². The molecule has 0 saturated carbocycles. The molecule has 0 aromatic heterocycles. The molecule has 0 aliphatic rings. The smallest absolute Gasteiger partial charge is 0.407 e. The summed E-state index contributed by atoms with van der Waals surface area (Å²) in [7, 11) is 0. The number of benzene rings is 1. The fraction of sp³-hybridized carbons (Fsp3) is 0.533. The molecule has 0 bridgehead atoms. The van der Waals surface area contributed by atoms with Crippen molar-refractivity contribution in [3.05, 3.63) is 35.4 Å². The molecule has 0 atom stereocenters. The third-order valence-electron chi connectivity index (χ3n) is 2.43.